The second-order valence-corrected chi connectivity index (χ2v) is 9.01. The van der Waals surface area contributed by atoms with E-state index in [1.54, 1.807) is 18.0 Å². The van der Waals surface area contributed by atoms with E-state index in [1.165, 1.54) is 12.8 Å². The highest BCUT2D eigenvalue weighted by Crippen LogP contribution is 2.37. The molecular formula is C22H32ClN3O2S. The summed E-state index contributed by atoms with van der Waals surface area (Å²) in [5.74, 6) is 1.69. The number of carbonyl (C=O) groups excluding carboxylic acids is 1. The fourth-order valence-electron chi connectivity index (χ4n) is 3.58. The Morgan fingerprint density at radius 2 is 2.34 bits per heavy atom. The Morgan fingerprint density at radius 3 is 3.07 bits per heavy atom. The largest absolute Gasteiger partial charge is 0.465 e. The van der Waals surface area contributed by atoms with E-state index in [1.807, 2.05) is 6.07 Å². The first-order valence-corrected chi connectivity index (χ1v) is 12.0. The maximum absolute atomic E-state index is 12.1. The Hall–Kier alpha value is -1.45. The number of ether oxygens (including phenoxy) is 1. The SMILES string of the molecule is CCCCC(CC)COC(=O)CCSc1ccnc(N2CCCC2CC#N)c1Cl. The van der Waals surface area contributed by atoms with E-state index in [4.69, 9.17) is 21.6 Å². The van der Waals surface area contributed by atoms with Crippen molar-refractivity contribution in [2.45, 2.75) is 76.2 Å². The monoisotopic (exact) mass is 437 g/mol. The van der Waals surface area contributed by atoms with Crippen molar-refractivity contribution in [3.63, 3.8) is 0 Å². The quantitative estimate of drug-likeness (QED) is 0.301. The summed E-state index contributed by atoms with van der Waals surface area (Å²) in [6, 6.07) is 4.32. The standard InChI is InChI=1S/C22H32ClN3O2S/c1-3-5-7-17(4-2)16-28-20(27)11-15-29-19-10-13-25-22(21(19)23)26-14-6-8-18(26)9-12-24/h10,13,17-18H,3-9,11,14-16H2,1-2H3. The molecule has 7 heteroatoms. The number of hydrogen-bond acceptors (Lipinski definition) is 6. The highest BCUT2D eigenvalue weighted by Gasteiger charge is 2.27. The number of thioether (sulfide) groups is 1. The van der Waals surface area contributed by atoms with Crippen LogP contribution in [0.5, 0.6) is 0 Å². The molecule has 5 nitrogen and oxygen atoms in total. The summed E-state index contributed by atoms with van der Waals surface area (Å²) in [6.45, 7) is 5.72. The van der Waals surface area contributed by atoms with Gasteiger partial charge in [0.1, 0.15) is 5.82 Å². The first-order chi connectivity index (χ1) is 14.1. The third-order valence-corrected chi connectivity index (χ3v) is 6.94. The third kappa shape index (κ3) is 7.38. The van der Waals surface area contributed by atoms with E-state index in [0.717, 1.165) is 42.9 Å². The number of carbonyl (C=O) groups is 1. The molecular weight excluding hydrogens is 406 g/mol. The van der Waals surface area contributed by atoms with Gasteiger partial charge in [-0.1, -0.05) is 44.7 Å². The highest BCUT2D eigenvalue weighted by molar-refractivity contribution is 7.99. The highest BCUT2D eigenvalue weighted by atomic mass is 35.5. The van der Waals surface area contributed by atoms with Crippen LogP contribution in [0.2, 0.25) is 5.02 Å². The maximum Gasteiger partial charge on any atom is 0.306 e. The summed E-state index contributed by atoms with van der Waals surface area (Å²) in [5, 5.41) is 9.65. The zero-order chi connectivity index (χ0) is 21.1. The smallest absolute Gasteiger partial charge is 0.306 e. The molecule has 1 aromatic rings. The molecule has 1 aliphatic rings. The van der Waals surface area contributed by atoms with E-state index < -0.39 is 0 Å². The van der Waals surface area contributed by atoms with Crippen molar-refractivity contribution in [2.24, 2.45) is 5.92 Å². The van der Waals surface area contributed by atoms with Crippen molar-refractivity contribution >= 4 is 35.1 Å². The van der Waals surface area contributed by atoms with Gasteiger partial charge in [0.05, 0.1) is 30.5 Å². The Bertz CT molecular complexity index is 695. The van der Waals surface area contributed by atoms with Crippen LogP contribution < -0.4 is 4.90 Å². The Kier molecular flexibility index (Phi) is 10.7. The minimum Gasteiger partial charge on any atom is -0.465 e. The van der Waals surface area contributed by atoms with Gasteiger partial charge in [-0.3, -0.25) is 4.79 Å². The number of esters is 1. The summed E-state index contributed by atoms with van der Waals surface area (Å²) >= 11 is 8.17. The molecule has 0 N–H and O–H groups in total. The van der Waals surface area contributed by atoms with Crippen LogP contribution >= 0.6 is 23.4 Å². The molecule has 0 bridgehead atoms. The molecule has 0 radical (unpaired) electrons. The van der Waals surface area contributed by atoms with Gasteiger partial charge < -0.3 is 9.64 Å². The van der Waals surface area contributed by atoms with Gasteiger partial charge in [0.25, 0.3) is 0 Å². The molecule has 1 aromatic heterocycles. The summed E-state index contributed by atoms with van der Waals surface area (Å²) in [4.78, 5) is 19.6. The van der Waals surface area contributed by atoms with Crippen molar-refractivity contribution in [3.05, 3.63) is 17.3 Å². The van der Waals surface area contributed by atoms with E-state index >= 15 is 0 Å². The number of halogens is 1. The number of nitrogens with zero attached hydrogens (tertiary/aromatic N) is 3. The molecule has 160 valence electrons. The average Bonchev–Trinajstić information content (AvgIpc) is 3.18. The second kappa shape index (κ2) is 13.0. The first kappa shape index (κ1) is 23.8. The molecule has 2 heterocycles. The van der Waals surface area contributed by atoms with Gasteiger partial charge in [0, 0.05) is 29.4 Å². The molecule has 1 aliphatic heterocycles. The minimum absolute atomic E-state index is 0.147. The number of anilines is 1. The summed E-state index contributed by atoms with van der Waals surface area (Å²) < 4.78 is 5.47. The predicted molar refractivity (Wildman–Crippen MR) is 119 cm³/mol. The number of nitriles is 1. The van der Waals surface area contributed by atoms with Crippen LogP contribution in [0.25, 0.3) is 0 Å². The van der Waals surface area contributed by atoms with Crippen LogP contribution in [-0.2, 0) is 9.53 Å². The molecule has 0 aromatic carbocycles. The lowest BCUT2D eigenvalue weighted by atomic mass is 10.0. The van der Waals surface area contributed by atoms with Crippen LogP contribution in [0.1, 0.15) is 65.2 Å². The van der Waals surface area contributed by atoms with Crippen LogP contribution in [-0.4, -0.2) is 35.9 Å². The number of rotatable bonds is 12. The number of aromatic nitrogens is 1. The summed E-state index contributed by atoms with van der Waals surface area (Å²) in [7, 11) is 0. The van der Waals surface area contributed by atoms with Crippen LogP contribution in [0, 0.1) is 17.2 Å². The molecule has 2 rings (SSSR count). The molecule has 0 spiro atoms. The maximum atomic E-state index is 12.1. The van der Waals surface area contributed by atoms with E-state index in [9.17, 15) is 4.79 Å². The van der Waals surface area contributed by atoms with Gasteiger partial charge in [-0.2, -0.15) is 5.26 Å². The number of pyridine rings is 1. The number of unbranched alkanes of at least 4 members (excludes halogenated alkanes) is 1. The summed E-state index contributed by atoms with van der Waals surface area (Å²) in [6.07, 6.45) is 9.15. The normalized spacial score (nSPS) is 17.2. The topological polar surface area (TPSA) is 66.2 Å². The van der Waals surface area contributed by atoms with Gasteiger partial charge in [0.2, 0.25) is 0 Å². The Labute approximate surface area is 184 Å². The van der Waals surface area contributed by atoms with Crippen molar-refractivity contribution in [1.82, 2.24) is 4.98 Å². The van der Waals surface area contributed by atoms with Crippen molar-refractivity contribution in [3.8, 4) is 6.07 Å². The first-order valence-electron chi connectivity index (χ1n) is 10.7. The minimum atomic E-state index is -0.147. The molecule has 2 unspecified atom stereocenters. The second-order valence-electron chi connectivity index (χ2n) is 7.50. The average molecular weight is 438 g/mol. The van der Waals surface area contributed by atoms with E-state index in [0.29, 0.717) is 36.1 Å². The molecule has 0 saturated carbocycles. The summed E-state index contributed by atoms with van der Waals surface area (Å²) in [5.41, 5.74) is 0. The van der Waals surface area contributed by atoms with Gasteiger partial charge >= 0.3 is 5.97 Å². The fraction of sp³-hybridized carbons (Fsp3) is 0.682. The molecule has 0 aliphatic carbocycles. The number of hydrogen-bond donors (Lipinski definition) is 0. The third-order valence-electron chi connectivity index (χ3n) is 5.40. The molecule has 0 amide bonds. The van der Waals surface area contributed by atoms with E-state index in [2.05, 4.69) is 29.8 Å². The predicted octanol–water partition coefficient (Wildman–Crippen LogP) is 5.86. The van der Waals surface area contributed by atoms with Gasteiger partial charge in [-0.25, -0.2) is 4.98 Å². The molecule has 1 saturated heterocycles. The van der Waals surface area contributed by atoms with Crippen LogP contribution in [0.3, 0.4) is 0 Å². The Balaban J connectivity index is 1.83. The van der Waals surface area contributed by atoms with Crippen molar-refractivity contribution < 1.29 is 9.53 Å². The van der Waals surface area contributed by atoms with E-state index in [-0.39, 0.29) is 12.0 Å². The lowest BCUT2D eigenvalue weighted by Crippen LogP contribution is -2.29. The lowest BCUT2D eigenvalue weighted by Gasteiger charge is -2.25. The van der Waals surface area contributed by atoms with Crippen LogP contribution in [0.15, 0.2) is 17.2 Å². The zero-order valence-electron chi connectivity index (χ0n) is 17.5. The van der Waals surface area contributed by atoms with Crippen molar-refractivity contribution in [1.29, 1.82) is 5.26 Å². The van der Waals surface area contributed by atoms with Gasteiger partial charge in [-0.15, -0.1) is 11.8 Å². The molecule has 29 heavy (non-hydrogen) atoms. The molecule has 1 fully saturated rings. The fourth-order valence-corrected chi connectivity index (χ4v) is 4.83. The van der Waals surface area contributed by atoms with Crippen LogP contribution in [0.4, 0.5) is 5.82 Å². The zero-order valence-corrected chi connectivity index (χ0v) is 19.1. The lowest BCUT2D eigenvalue weighted by molar-refractivity contribution is -0.144. The van der Waals surface area contributed by atoms with Gasteiger partial charge in [0.15, 0.2) is 0 Å². The van der Waals surface area contributed by atoms with Crippen molar-refractivity contribution in [2.75, 3.05) is 23.8 Å². The molecule has 2 atom stereocenters. The Morgan fingerprint density at radius 1 is 1.52 bits per heavy atom. The van der Waals surface area contributed by atoms with Gasteiger partial charge in [-0.05, 0) is 31.2 Å².